The van der Waals surface area contributed by atoms with Crippen molar-refractivity contribution in [2.24, 2.45) is 5.92 Å². The highest BCUT2D eigenvalue weighted by molar-refractivity contribution is 6.00. The summed E-state index contributed by atoms with van der Waals surface area (Å²) in [7, 11) is 0. The van der Waals surface area contributed by atoms with Crippen LogP contribution < -0.4 is 0 Å². The molecule has 4 nitrogen and oxygen atoms in total. The average molecular weight is 434 g/mol. The fourth-order valence-corrected chi connectivity index (χ4v) is 4.77. The number of likely N-dealkylation sites (tertiary alicyclic amines) is 1. The molecule has 2 aliphatic rings. The van der Waals surface area contributed by atoms with Gasteiger partial charge in [-0.05, 0) is 57.1 Å². The van der Waals surface area contributed by atoms with E-state index in [2.05, 4.69) is 13.5 Å². The van der Waals surface area contributed by atoms with Crippen LogP contribution in [0.3, 0.4) is 0 Å². The Balaban J connectivity index is 2.09. The Labute approximate surface area is 183 Å². The SMILES string of the molecule is C=C(C)C1CCC(C)=CC1c1c(O)cc(CCCCC)c(C(=O)N2CC(F)(F)C2)c1O. The third kappa shape index (κ3) is 4.78. The van der Waals surface area contributed by atoms with Gasteiger partial charge in [0.05, 0.1) is 18.7 Å². The fourth-order valence-electron chi connectivity index (χ4n) is 4.77. The van der Waals surface area contributed by atoms with Gasteiger partial charge >= 0.3 is 0 Å². The number of benzene rings is 1. The van der Waals surface area contributed by atoms with Crippen LogP contribution in [0.5, 0.6) is 11.5 Å². The lowest BCUT2D eigenvalue weighted by molar-refractivity contribution is -0.113. The van der Waals surface area contributed by atoms with Crippen molar-refractivity contribution in [2.45, 2.75) is 71.1 Å². The summed E-state index contributed by atoms with van der Waals surface area (Å²) in [6, 6.07) is 1.54. The minimum absolute atomic E-state index is 0.0164. The van der Waals surface area contributed by atoms with Gasteiger partial charge in [-0.2, -0.15) is 0 Å². The summed E-state index contributed by atoms with van der Waals surface area (Å²) in [6.45, 7) is 8.77. The maximum atomic E-state index is 13.4. The predicted molar refractivity (Wildman–Crippen MR) is 118 cm³/mol. The molecule has 170 valence electrons. The number of rotatable bonds is 7. The van der Waals surface area contributed by atoms with Crippen molar-refractivity contribution in [1.29, 1.82) is 0 Å². The predicted octanol–water partition coefficient (Wildman–Crippen LogP) is 5.94. The molecule has 2 unspecified atom stereocenters. The average Bonchev–Trinajstić information content (AvgIpc) is 2.65. The summed E-state index contributed by atoms with van der Waals surface area (Å²) in [4.78, 5) is 14.2. The molecule has 1 aromatic rings. The second-order valence-corrected chi connectivity index (χ2v) is 9.20. The van der Waals surface area contributed by atoms with Gasteiger partial charge in [0, 0.05) is 11.5 Å². The fraction of sp³-hybridized carbons (Fsp3) is 0.560. The monoisotopic (exact) mass is 433 g/mol. The van der Waals surface area contributed by atoms with Crippen molar-refractivity contribution in [3.63, 3.8) is 0 Å². The maximum absolute atomic E-state index is 13.4. The Hall–Kier alpha value is -2.37. The Morgan fingerprint density at radius 2 is 1.97 bits per heavy atom. The topological polar surface area (TPSA) is 60.8 Å². The molecule has 1 aromatic carbocycles. The van der Waals surface area contributed by atoms with E-state index >= 15 is 0 Å². The molecule has 1 aliphatic carbocycles. The van der Waals surface area contributed by atoms with E-state index in [0.717, 1.165) is 48.2 Å². The molecule has 0 radical (unpaired) electrons. The van der Waals surface area contributed by atoms with E-state index < -0.39 is 24.9 Å². The number of phenols is 2. The standard InChI is InChI=1S/C25H33F2NO3/c1-5-6-7-8-17-12-20(29)22(19-11-16(4)9-10-18(19)15(2)3)23(30)21(17)24(31)28-13-25(26,27)14-28/h11-12,18-19,29-30H,2,5-10,13-14H2,1,3-4H3. The molecule has 6 heteroatoms. The number of amides is 1. The minimum atomic E-state index is -2.89. The summed E-state index contributed by atoms with van der Waals surface area (Å²) in [6.07, 6.45) is 6.93. The van der Waals surface area contributed by atoms with Crippen LogP contribution in [0.25, 0.3) is 0 Å². The van der Waals surface area contributed by atoms with Gasteiger partial charge in [0.25, 0.3) is 11.8 Å². The molecule has 0 spiro atoms. The van der Waals surface area contributed by atoms with Crippen LogP contribution in [0, 0.1) is 5.92 Å². The lowest BCUT2D eigenvalue weighted by Gasteiger charge is -2.39. The molecule has 2 N–H and O–H groups in total. The number of carbonyl (C=O) groups excluding carboxylic acids is 1. The van der Waals surface area contributed by atoms with Gasteiger partial charge in [-0.1, -0.05) is 43.6 Å². The van der Waals surface area contributed by atoms with E-state index in [0.29, 0.717) is 17.5 Å². The Morgan fingerprint density at radius 3 is 2.55 bits per heavy atom. The van der Waals surface area contributed by atoms with E-state index in [9.17, 15) is 23.8 Å². The number of aromatic hydroxyl groups is 2. The van der Waals surface area contributed by atoms with Crippen LogP contribution in [0.15, 0.2) is 29.9 Å². The molecule has 3 rings (SSSR count). The third-order valence-electron chi connectivity index (χ3n) is 6.51. The zero-order chi connectivity index (χ0) is 22.9. The number of hydrogen-bond acceptors (Lipinski definition) is 3. The van der Waals surface area contributed by atoms with Crippen molar-refractivity contribution in [2.75, 3.05) is 13.1 Å². The first-order valence-electron chi connectivity index (χ1n) is 11.1. The largest absolute Gasteiger partial charge is 0.507 e. The molecule has 0 bridgehead atoms. The van der Waals surface area contributed by atoms with Gasteiger partial charge in [-0.25, -0.2) is 8.78 Å². The van der Waals surface area contributed by atoms with Crippen molar-refractivity contribution in [1.82, 2.24) is 4.90 Å². The zero-order valence-corrected chi connectivity index (χ0v) is 18.7. The van der Waals surface area contributed by atoms with E-state index in [1.54, 1.807) is 6.07 Å². The molecule has 31 heavy (non-hydrogen) atoms. The molecule has 1 heterocycles. The lowest BCUT2D eigenvalue weighted by Crippen LogP contribution is -2.58. The summed E-state index contributed by atoms with van der Waals surface area (Å²) < 4.78 is 26.8. The van der Waals surface area contributed by atoms with Gasteiger partial charge in [-0.3, -0.25) is 4.79 Å². The molecule has 1 amide bonds. The first kappa shape index (κ1) is 23.3. The summed E-state index contributed by atoms with van der Waals surface area (Å²) in [5.74, 6) is -4.13. The number of alkyl halides is 2. The molecule has 2 atom stereocenters. The first-order valence-corrected chi connectivity index (χ1v) is 11.1. The van der Waals surface area contributed by atoms with Gasteiger partial charge in [0.2, 0.25) is 0 Å². The summed E-state index contributed by atoms with van der Waals surface area (Å²) in [5.41, 5.74) is 2.94. The molecule has 1 aliphatic heterocycles. The molecule has 0 aromatic heterocycles. The third-order valence-corrected chi connectivity index (χ3v) is 6.51. The smallest absolute Gasteiger partial charge is 0.282 e. The van der Waals surface area contributed by atoms with Crippen LogP contribution >= 0.6 is 0 Å². The van der Waals surface area contributed by atoms with Gasteiger partial charge in [-0.15, -0.1) is 0 Å². The second kappa shape index (κ2) is 9.01. The van der Waals surface area contributed by atoms with Crippen LogP contribution in [0.4, 0.5) is 8.78 Å². The van der Waals surface area contributed by atoms with Crippen molar-refractivity contribution in [3.05, 3.63) is 46.6 Å². The Bertz CT molecular complexity index is 899. The number of aryl methyl sites for hydroxylation is 1. The second-order valence-electron chi connectivity index (χ2n) is 9.20. The quantitative estimate of drug-likeness (QED) is 0.413. The lowest BCUT2D eigenvalue weighted by atomic mass is 9.73. The molecule has 1 fully saturated rings. The van der Waals surface area contributed by atoms with Gasteiger partial charge < -0.3 is 15.1 Å². The van der Waals surface area contributed by atoms with Crippen molar-refractivity contribution < 1.29 is 23.8 Å². The Morgan fingerprint density at radius 1 is 1.29 bits per heavy atom. The van der Waals surface area contributed by atoms with Crippen LogP contribution in [-0.2, 0) is 6.42 Å². The van der Waals surface area contributed by atoms with E-state index in [-0.39, 0.29) is 28.9 Å². The van der Waals surface area contributed by atoms with E-state index in [4.69, 9.17) is 0 Å². The highest BCUT2D eigenvalue weighted by Crippen LogP contribution is 2.48. The van der Waals surface area contributed by atoms with E-state index in [1.165, 1.54) is 0 Å². The van der Waals surface area contributed by atoms with Gasteiger partial charge in [0.15, 0.2) is 0 Å². The number of hydrogen-bond donors (Lipinski definition) is 2. The molecular formula is C25H33F2NO3. The van der Waals surface area contributed by atoms with Crippen molar-refractivity contribution >= 4 is 5.91 Å². The number of unbranched alkanes of at least 4 members (excludes halogenated alkanes) is 2. The van der Waals surface area contributed by atoms with Crippen molar-refractivity contribution in [3.8, 4) is 11.5 Å². The molecule has 1 saturated heterocycles. The van der Waals surface area contributed by atoms with E-state index in [1.807, 2.05) is 19.9 Å². The maximum Gasteiger partial charge on any atom is 0.282 e. The number of halogens is 2. The number of nitrogens with zero attached hydrogens (tertiary/aromatic N) is 1. The molecule has 0 saturated carbocycles. The number of phenolic OH excluding ortho intramolecular Hbond substituents is 2. The highest BCUT2D eigenvalue weighted by Gasteiger charge is 2.47. The Kier molecular flexibility index (Phi) is 6.77. The minimum Gasteiger partial charge on any atom is -0.507 e. The molecular weight excluding hydrogens is 400 g/mol. The summed E-state index contributed by atoms with van der Waals surface area (Å²) >= 11 is 0. The number of allylic oxidation sites excluding steroid dienone is 3. The van der Waals surface area contributed by atoms with Crippen LogP contribution in [-0.4, -0.2) is 40.0 Å². The van der Waals surface area contributed by atoms with Gasteiger partial charge in [0.1, 0.15) is 11.5 Å². The highest BCUT2D eigenvalue weighted by atomic mass is 19.3. The summed E-state index contributed by atoms with van der Waals surface area (Å²) in [5, 5.41) is 22.2. The van der Waals surface area contributed by atoms with Crippen LogP contribution in [0.2, 0.25) is 0 Å². The first-order chi connectivity index (χ1) is 14.6. The van der Waals surface area contributed by atoms with Crippen LogP contribution in [0.1, 0.15) is 80.3 Å². The number of carbonyl (C=O) groups is 1. The zero-order valence-electron chi connectivity index (χ0n) is 18.7. The normalized spacial score (nSPS) is 22.6.